The third-order valence-electron chi connectivity index (χ3n) is 3.91. The molecular weight excluding hydrogens is 302 g/mol. The standard InChI is InChI=1S/C19H19N3O2/c1-13-18(14-7-10-20-11-8-14)15-5-3-4-6-16(15)19(22-13)21-12-9-17(23)24-2/h3-8,10-11H,9,12H2,1-2H3,(H,21,22). The second-order valence-electron chi connectivity index (χ2n) is 5.46. The first-order valence-corrected chi connectivity index (χ1v) is 7.81. The molecule has 0 saturated heterocycles. The van der Waals surface area contributed by atoms with Gasteiger partial charge in [0.05, 0.1) is 13.5 Å². The first-order chi connectivity index (χ1) is 11.7. The Balaban J connectivity index is 2.03. The monoisotopic (exact) mass is 321 g/mol. The van der Waals surface area contributed by atoms with Crippen LogP contribution in [0.5, 0.6) is 0 Å². The molecule has 0 unspecified atom stereocenters. The highest BCUT2D eigenvalue weighted by molar-refractivity contribution is 6.02. The lowest BCUT2D eigenvalue weighted by atomic mass is 9.98. The van der Waals surface area contributed by atoms with Crippen molar-refractivity contribution in [2.75, 3.05) is 19.0 Å². The Morgan fingerprint density at radius 2 is 1.83 bits per heavy atom. The molecule has 1 N–H and O–H groups in total. The number of methoxy groups -OCH3 is 1. The Labute approximate surface area is 140 Å². The zero-order chi connectivity index (χ0) is 16.9. The fourth-order valence-electron chi connectivity index (χ4n) is 2.79. The van der Waals surface area contributed by atoms with Gasteiger partial charge >= 0.3 is 5.97 Å². The van der Waals surface area contributed by atoms with E-state index in [2.05, 4.69) is 21.1 Å². The van der Waals surface area contributed by atoms with E-state index in [1.807, 2.05) is 37.3 Å². The summed E-state index contributed by atoms with van der Waals surface area (Å²) in [6.07, 6.45) is 3.87. The number of aromatic nitrogens is 2. The highest BCUT2D eigenvalue weighted by Crippen LogP contribution is 2.34. The molecule has 0 fully saturated rings. The summed E-state index contributed by atoms with van der Waals surface area (Å²) in [5.41, 5.74) is 3.12. The molecular formula is C19H19N3O2. The van der Waals surface area contributed by atoms with Gasteiger partial charge < -0.3 is 10.1 Å². The van der Waals surface area contributed by atoms with E-state index in [0.717, 1.165) is 33.4 Å². The average molecular weight is 321 g/mol. The van der Waals surface area contributed by atoms with Crippen LogP contribution in [-0.2, 0) is 9.53 Å². The number of benzene rings is 1. The third kappa shape index (κ3) is 3.20. The van der Waals surface area contributed by atoms with Gasteiger partial charge in [-0.25, -0.2) is 4.98 Å². The number of nitrogens with one attached hydrogen (secondary N) is 1. The molecule has 24 heavy (non-hydrogen) atoms. The fraction of sp³-hybridized carbons (Fsp3) is 0.211. The number of pyridine rings is 2. The van der Waals surface area contributed by atoms with Gasteiger partial charge in [-0.3, -0.25) is 9.78 Å². The zero-order valence-electron chi connectivity index (χ0n) is 13.7. The summed E-state index contributed by atoms with van der Waals surface area (Å²) in [4.78, 5) is 20.1. The van der Waals surface area contributed by atoms with Gasteiger partial charge in [0.25, 0.3) is 0 Å². The topological polar surface area (TPSA) is 64.1 Å². The van der Waals surface area contributed by atoms with Gasteiger partial charge in [0, 0.05) is 35.6 Å². The number of carbonyl (C=O) groups excluding carboxylic acids is 1. The lowest BCUT2D eigenvalue weighted by Gasteiger charge is -2.15. The quantitative estimate of drug-likeness (QED) is 0.728. The van der Waals surface area contributed by atoms with Crippen LogP contribution >= 0.6 is 0 Å². The first-order valence-electron chi connectivity index (χ1n) is 7.81. The summed E-state index contributed by atoms with van der Waals surface area (Å²) < 4.78 is 4.67. The van der Waals surface area contributed by atoms with Crippen LogP contribution in [0.4, 0.5) is 5.82 Å². The van der Waals surface area contributed by atoms with Gasteiger partial charge in [-0.2, -0.15) is 0 Å². The van der Waals surface area contributed by atoms with Crippen LogP contribution in [0.15, 0.2) is 48.8 Å². The molecule has 2 heterocycles. The highest BCUT2D eigenvalue weighted by atomic mass is 16.5. The van der Waals surface area contributed by atoms with Crippen molar-refractivity contribution in [2.24, 2.45) is 0 Å². The Morgan fingerprint density at radius 3 is 2.54 bits per heavy atom. The average Bonchev–Trinajstić information content (AvgIpc) is 2.62. The Kier molecular flexibility index (Phi) is 4.70. The Morgan fingerprint density at radius 1 is 1.12 bits per heavy atom. The van der Waals surface area contributed by atoms with Crippen LogP contribution in [0.1, 0.15) is 12.1 Å². The van der Waals surface area contributed by atoms with Crippen LogP contribution in [0, 0.1) is 6.92 Å². The first kappa shape index (κ1) is 15.9. The van der Waals surface area contributed by atoms with Gasteiger partial charge in [-0.15, -0.1) is 0 Å². The lowest BCUT2D eigenvalue weighted by Crippen LogP contribution is -2.11. The van der Waals surface area contributed by atoms with Crippen molar-refractivity contribution in [3.8, 4) is 11.1 Å². The maximum atomic E-state index is 11.3. The summed E-state index contributed by atoms with van der Waals surface area (Å²) in [7, 11) is 1.39. The fourth-order valence-corrected chi connectivity index (χ4v) is 2.79. The zero-order valence-corrected chi connectivity index (χ0v) is 13.7. The summed E-state index contributed by atoms with van der Waals surface area (Å²) >= 11 is 0. The van der Waals surface area contributed by atoms with Crippen LogP contribution < -0.4 is 5.32 Å². The number of esters is 1. The predicted octanol–water partition coefficient (Wildman–Crippen LogP) is 3.58. The number of nitrogens with zero attached hydrogens (tertiary/aromatic N) is 2. The smallest absolute Gasteiger partial charge is 0.307 e. The van der Waals surface area contributed by atoms with E-state index >= 15 is 0 Å². The molecule has 0 radical (unpaired) electrons. The molecule has 0 spiro atoms. The van der Waals surface area contributed by atoms with Crippen LogP contribution in [-0.4, -0.2) is 29.6 Å². The van der Waals surface area contributed by atoms with Gasteiger partial charge in [0.2, 0.25) is 0 Å². The second kappa shape index (κ2) is 7.08. The molecule has 0 aliphatic carbocycles. The van der Waals surface area contributed by atoms with E-state index in [0.29, 0.717) is 13.0 Å². The van der Waals surface area contributed by atoms with Gasteiger partial charge in [-0.05, 0) is 30.0 Å². The summed E-state index contributed by atoms with van der Waals surface area (Å²) in [5.74, 6) is 0.543. The van der Waals surface area contributed by atoms with Crippen molar-refractivity contribution in [3.05, 3.63) is 54.5 Å². The number of ether oxygens (including phenoxy) is 1. The molecule has 3 aromatic rings. The minimum absolute atomic E-state index is 0.239. The number of aryl methyl sites for hydroxylation is 1. The van der Waals surface area contributed by atoms with Crippen molar-refractivity contribution < 1.29 is 9.53 Å². The lowest BCUT2D eigenvalue weighted by molar-refractivity contribution is -0.140. The molecule has 0 aliphatic heterocycles. The van der Waals surface area contributed by atoms with E-state index in [4.69, 9.17) is 4.98 Å². The number of rotatable bonds is 5. The maximum absolute atomic E-state index is 11.3. The van der Waals surface area contributed by atoms with Crippen LogP contribution in [0.3, 0.4) is 0 Å². The summed E-state index contributed by atoms with van der Waals surface area (Å²) in [5, 5.41) is 5.40. The predicted molar refractivity (Wildman–Crippen MR) is 94.8 cm³/mol. The minimum atomic E-state index is -0.239. The van der Waals surface area contributed by atoms with E-state index in [-0.39, 0.29) is 5.97 Å². The van der Waals surface area contributed by atoms with Crippen molar-refractivity contribution >= 4 is 22.6 Å². The van der Waals surface area contributed by atoms with E-state index in [9.17, 15) is 4.79 Å². The Hall–Kier alpha value is -2.95. The largest absolute Gasteiger partial charge is 0.469 e. The summed E-state index contributed by atoms with van der Waals surface area (Å²) in [6.45, 7) is 2.48. The second-order valence-corrected chi connectivity index (χ2v) is 5.46. The molecule has 5 nitrogen and oxygen atoms in total. The highest BCUT2D eigenvalue weighted by Gasteiger charge is 2.13. The van der Waals surface area contributed by atoms with Crippen LogP contribution in [0.2, 0.25) is 0 Å². The molecule has 0 saturated carbocycles. The van der Waals surface area contributed by atoms with Crippen molar-refractivity contribution in [2.45, 2.75) is 13.3 Å². The van der Waals surface area contributed by atoms with E-state index < -0.39 is 0 Å². The third-order valence-corrected chi connectivity index (χ3v) is 3.91. The van der Waals surface area contributed by atoms with Crippen molar-refractivity contribution in [1.29, 1.82) is 0 Å². The molecule has 0 amide bonds. The number of carbonyl (C=O) groups is 1. The van der Waals surface area contributed by atoms with Crippen molar-refractivity contribution in [3.63, 3.8) is 0 Å². The van der Waals surface area contributed by atoms with Gasteiger partial charge in [0.15, 0.2) is 0 Å². The minimum Gasteiger partial charge on any atom is -0.469 e. The number of anilines is 1. The maximum Gasteiger partial charge on any atom is 0.307 e. The molecule has 1 aromatic carbocycles. The molecule has 0 bridgehead atoms. The SMILES string of the molecule is COC(=O)CCNc1nc(C)c(-c2ccncc2)c2ccccc12. The van der Waals surface area contributed by atoms with Gasteiger partial charge in [0.1, 0.15) is 5.82 Å². The molecule has 3 rings (SSSR count). The van der Waals surface area contributed by atoms with E-state index in [1.54, 1.807) is 12.4 Å². The molecule has 0 atom stereocenters. The number of fused-ring (bicyclic) bond motifs is 1. The molecule has 122 valence electrons. The van der Waals surface area contributed by atoms with Crippen LogP contribution in [0.25, 0.3) is 21.9 Å². The Bertz CT molecular complexity index is 863. The molecule has 2 aromatic heterocycles. The van der Waals surface area contributed by atoms with Gasteiger partial charge in [-0.1, -0.05) is 24.3 Å². The molecule has 5 heteroatoms. The summed E-state index contributed by atoms with van der Waals surface area (Å²) in [6, 6.07) is 12.1. The number of hydrogen-bond donors (Lipinski definition) is 1. The van der Waals surface area contributed by atoms with E-state index in [1.165, 1.54) is 7.11 Å². The number of hydrogen-bond acceptors (Lipinski definition) is 5. The molecule has 0 aliphatic rings. The van der Waals surface area contributed by atoms with Crippen molar-refractivity contribution in [1.82, 2.24) is 9.97 Å². The normalized spacial score (nSPS) is 10.6.